The van der Waals surface area contributed by atoms with Crippen LogP contribution in [0.5, 0.6) is 0 Å². The number of thioether (sulfide) groups is 1. The van der Waals surface area contributed by atoms with E-state index in [9.17, 15) is 0 Å². The van der Waals surface area contributed by atoms with Gasteiger partial charge in [0.05, 0.1) is 5.69 Å². The van der Waals surface area contributed by atoms with Gasteiger partial charge >= 0.3 is 0 Å². The third-order valence-electron chi connectivity index (χ3n) is 5.63. The van der Waals surface area contributed by atoms with Gasteiger partial charge in [0.1, 0.15) is 0 Å². The molecule has 0 amide bonds. The highest BCUT2D eigenvalue weighted by molar-refractivity contribution is 8.00. The Bertz CT molecular complexity index is 1030. The van der Waals surface area contributed by atoms with Crippen molar-refractivity contribution in [2.45, 2.75) is 42.8 Å². The maximum Gasteiger partial charge on any atom is 0.0746 e. The highest BCUT2D eigenvalue weighted by Gasteiger charge is 2.43. The zero-order valence-electron chi connectivity index (χ0n) is 14.9. The first-order valence-corrected chi connectivity index (χ1v) is 9.50. The Morgan fingerprint density at radius 3 is 2.56 bits per heavy atom. The molecule has 0 saturated carbocycles. The number of hydrogen-bond acceptors (Lipinski definition) is 3. The zero-order chi connectivity index (χ0) is 17.4. The average molecular weight is 344 g/mol. The largest absolute Gasteiger partial charge is 0.264 e. The van der Waals surface area contributed by atoms with E-state index in [2.05, 4.69) is 63.0 Å². The van der Waals surface area contributed by atoms with Crippen LogP contribution >= 0.6 is 11.8 Å². The SMILES string of the molecule is CC1(C)Sc2cnccc2-c2c1ccc1c2C(C)(C)c2cccnc2-1. The Morgan fingerprint density at radius 2 is 1.72 bits per heavy atom. The lowest BCUT2D eigenvalue weighted by atomic mass is 9.76. The van der Waals surface area contributed by atoms with E-state index in [0.717, 1.165) is 5.69 Å². The summed E-state index contributed by atoms with van der Waals surface area (Å²) in [6.45, 7) is 9.28. The average Bonchev–Trinajstić information content (AvgIpc) is 2.83. The van der Waals surface area contributed by atoms with Gasteiger partial charge in [0, 0.05) is 39.2 Å². The fraction of sp³-hybridized carbons (Fsp3) is 0.273. The monoisotopic (exact) mass is 344 g/mol. The van der Waals surface area contributed by atoms with Crippen LogP contribution in [0.2, 0.25) is 0 Å². The number of hydrogen-bond donors (Lipinski definition) is 0. The molecular weight excluding hydrogens is 324 g/mol. The summed E-state index contributed by atoms with van der Waals surface area (Å²) in [6, 6.07) is 11.0. The molecule has 1 aliphatic heterocycles. The smallest absolute Gasteiger partial charge is 0.0746 e. The van der Waals surface area contributed by atoms with E-state index in [4.69, 9.17) is 4.98 Å². The molecule has 3 aromatic rings. The Labute approximate surface area is 152 Å². The lowest BCUT2D eigenvalue weighted by molar-refractivity contribution is 0.656. The van der Waals surface area contributed by atoms with Crippen LogP contribution in [0.4, 0.5) is 0 Å². The third-order valence-corrected chi connectivity index (χ3v) is 6.91. The van der Waals surface area contributed by atoms with Gasteiger partial charge in [0.2, 0.25) is 0 Å². The highest BCUT2D eigenvalue weighted by Crippen LogP contribution is 2.59. The summed E-state index contributed by atoms with van der Waals surface area (Å²) in [5, 5.41) is 0. The van der Waals surface area contributed by atoms with Crippen LogP contribution in [0, 0.1) is 0 Å². The van der Waals surface area contributed by atoms with Gasteiger partial charge < -0.3 is 0 Å². The van der Waals surface area contributed by atoms with E-state index in [-0.39, 0.29) is 10.2 Å². The summed E-state index contributed by atoms with van der Waals surface area (Å²) in [6.07, 6.45) is 5.83. The van der Waals surface area contributed by atoms with Crippen LogP contribution in [-0.2, 0) is 10.2 Å². The van der Waals surface area contributed by atoms with Gasteiger partial charge in [0.15, 0.2) is 0 Å². The Balaban J connectivity index is 1.94. The Morgan fingerprint density at radius 1 is 0.880 bits per heavy atom. The molecule has 2 aromatic heterocycles. The normalized spacial score (nSPS) is 18.1. The fourth-order valence-corrected chi connectivity index (χ4v) is 5.71. The third kappa shape index (κ3) is 1.87. The second-order valence-electron chi connectivity index (χ2n) is 7.92. The Kier molecular flexibility index (Phi) is 2.87. The van der Waals surface area contributed by atoms with Gasteiger partial charge in [-0.2, -0.15) is 0 Å². The molecule has 0 fully saturated rings. The second kappa shape index (κ2) is 4.73. The van der Waals surface area contributed by atoms with Gasteiger partial charge in [-0.15, -0.1) is 11.8 Å². The Hall–Kier alpha value is -2.13. The summed E-state index contributed by atoms with van der Waals surface area (Å²) >= 11 is 1.91. The fourth-order valence-electron chi connectivity index (χ4n) is 4.49. The quantitative estimate of drug-likeness (QED) is 0.516. The molecule has 1 aromatic carbocycles. The molecule has 0 unspecified atom stereocenters. The number of fused-ring (bicyclic) bond motifs is 7. The standard InChI is InChI=1S/C22H20N2S/c1-21(2)16-6-5-10-24-20(16)14-7-8-15-18(19(14)21)13-9-11-23-12-17(13)25-22(15,3)4/h5-12H,1-4H3. The van der Waals surface area contributed by atoms with Crippen LogP contribution in [0.25, 0.3) is 22.4 Å². The van der Waals surface area contributed by atoms with E-state index < -0.39 is 0 Å². The number of nitrogens with zero attached hydrogens (tertiary/aromatic N) is 2. The minimum absolute atomic E-state index is 0.0265. The maximum absolute atomic E-state index is 4.72. The molecule has 0 N–H and O–H groups in total. The molecule has 3 heterocycles. The van der Waals surface area contributed by atoms with Gasteiger partial charge in [-0.3, -0.25) is 9.97 Å². The van der Waals surface area contributed by atoms with Crippen molar-refractivity contribution < 1.29 is 0 Å². The highest BCUT2D eigenvalue weighted by atomic mass is 32.2. The molecule has 2 aliphatic rings. The topological polar surface area (TPSA) is 25.8 Å². The molecule has 2 nitrogen and oxygen atoms in total. The molecule has 25 heavy (non-hydrogen) atoms. The van der Waals surface area contributed by atoms with Crippen molar-refractivity contribution in [2.24, 2.45) is 0 Å². The summed E-state index contributed by atoms with van der Waals surface area (Å²) in [4.78, 5) is 10.4. The molecular formula is C22H20N2S. The molecule has 3 heteroatoms. The van der Waals surface area contributed by atoms with Crippen molar-refractivity contribution >= 4 is 11.8 Å². The van der Waals surface area contributed by atoms with E-state index in [1.807, 2.05) is 30.4 Å². The lowest BCUT2D eigenvalue weighted by Crippen LogP contribution is -2.23. The minimum atomic E-state index is -0.0527. The van der Waals surface area contributed by atoms with Crippen molar-refractivity contribution in [3.05, 3.63) is 65.6 Å². The van der Waals surface area contributed by atoms with E-state index in [1.165, 1.54) is 38.3 Å². The number of aromatic nitrogens is 2. The van der Waals surface area contributed by atoms with Crippen molar-refractivity contribution in [3.8, 4) is 22.4 Å². The summed E-state index contributed by atoms with van der Waals surface area (Å²) in [5.74, 6) is 0. The van der Waals surface area contributed by atoms with E-state index in [1.54, 1.807) is 0 Å². The molecule has 0 saturated heterocycles. The summed E-state index contributed by atoms with van der Waals surface area (Å²) < 4.78 is 0.0265. The molecule has 124 valence electrons. The zero-order valence-corrected chi connectivity index (χ0v) is 15.7. The second-order valence-corrected chi connectivity index (χ2v) is 9.58. The molecule has 0 radical (unpaired) electrons. The van der Waals surface area contributed by atoms with Crippen molar-refractivity contribution in [1.82, 2.24) is 9.97 Å². The molecule has 0 bridgehead atoms. The van der Waals surface area contributed by atoms with Crippen molar-refractivity contribution in [2.75, 3.05) is 0 Å². The minimum Gasteiger partial charge on any atom is -0.264 e. The number of benzene rings is 1. The molecule has 1 aliphatic carbocycles. The molecule has 5 rings (SSSR count). The van der Waals surface area contributed by atoms with Crippen LogP contribution in [0.3, 0.4) is 0 Å². The number of pyridine rings is 2. The van der Waals surface area contributed by atoms with Crippen LogP contribution < -0.4 is 0 Å². The lowest BCUT2D eigenvalue weighted by Gasteiger charge is -2.36. The predicted octanol–water partition coefficient (Wildman–Crippen LogP) is 5.79. The first-order valence-electron chi connectivity index (χ1n) is 8.68. The van der Waals surface area contributed by atoms with Crippen molar-refractivity contribution in [3.63, 3.8) is 0 Å². The van der Waals surface area contributed by atoms with Gasteiger partial charge in [0.25, 0.3) is 0 Å². The van der Waals surface area contributed by atoms with E-state index in [0.29, 0.717) is 0 Å². The maximum atomic E-state index is 4.72. The first-order chi connectivity index (χ1) is 11.9. The first kappa shape index (κ1) is 15.2. The van der Waals surface area contributed by atoms with Gasteiger partial charge in [-0.05, 0) is 53.8 Å². The van der Waals surface area contributed by atoms with Crippen LogP contribution in [0.15, 0.2) is 53.8 Å². The number of rotatable bonds is 0. The van der Waals surface area contributed by atoms with Gasteiger partial charge in [-0.1, -0.05) is 32.0 Å². The van der Waals surface area contributed by atoms with Crippen LogP contribution in [0.1, 0.15) is 44.4 Å². The summed E-state index contributed by atoms with van der Waals surface area (Å²) in [7, 11) is 0. The molecule has 0 spiro atoms. The predicted molar refractivity (Wildman–Crippen MR) is 104 cm³/mol. The van der Waals surface area contributed by atoms with E-state index >= 15 is 0 Å². The van der Waals surface area contributed by atoms with Crippen molar-refractivity contribution in [1.29, 1.82) is 0 Å². The summed E-state index contributed by atoms with van der Waals surface area (Å²) in [5.41, 5.74) is 9.22. The molecule has 0 atom stereocenters. The van der Waals surface area contributed by atoms with Gasteiger partial charge in [-0.25, -0.2) is 0 Å². The van der Waals surface area contributed by atoms with Crippen LogP contribution in [-0.4, -0.2) is 9.97 Å².